The lowest BCUT2D eigenvalue weighted by atomic mass is 10.1. The van der Waals surface area contributed by atoms with Gasteiger partial charge in [0.1, 0.15) is 30.6 Å². The molecule has 1 aromatic carbocycles. The normalized spacial score (nSPS) is 18.2. The van der Waals surface area contributed by atoms with E-state index in [1.807, 2.05) is 6.92 Å². The molecule has 37 heavy (non-hydrogen) atoms. The maximum Gasteiger partial charge on any atom is 0.472 e. The lowest BCUT2D eigenvalue weighted by molar-refractivity contribution is -0.106. The number of carbonyl (C=O) groups is 2. The van der Waals surface area contributed by atoms with Gasteiger partial charge >= 0.3 is 7.82 Å². The Balaban J connectivity index is 0.000000649. The van der Waals surface area contributed by atoms with Crippen molar-refractivity contribution in [2.45, 2.75) is 65.6 Å². The van der Waals surface area contributed by atoms with Crippen LogP contribution in [0.3, 0.4) is 0 Å². The molecule has 0 radical (unpaired) electrons. The van der Waals surface area contributed by atoms with E-state index in [2.05, 4.69) is 19.4 Å². The van der Waals surface area contributed by atoms with Crippen molar-refractivity contribution in [3.63, 3.8) is 0 Å². The summed E-state index contributed by atoms with van der Waals surface area (Å²) in [5.74, 6) is 0.483. The SMILES string of the molecule is CC1Cc2cc(C(=O)NC(/C=C\N(C)C(C)OC(C)CF)=NC=O)ccc2O1.COP(=O)(O)OC(C)C. The zero-order valence-electron chi connectivity index (χ0n) is 22.2. The van der Waals surface area contributed by atoms with E-state index in [1.165, 1.54) is 6.08 Å². The highest BCUT2D eigenvalue weighted by atomic mass is 31.2. The van der Waals surface area contributed by atoms with Crippen LogP contribution in [0.15, 0.2) is 35.5 Å². The highest BCUT2D eigenvalue weighted by molar-refractivity contribution is 7.47. The monoisotopic (exact) mass is 545 g/mol. The molecule has 1 heterocycles. The molecule has 13 heteroatoms. The quantitative estimate of drug-likeness (QED) is 0.140. The van der Waals surface area contributed by atoms with Gasteiger partial charge < -0.3 is 24.6 Å². The van der Waals surface area contributed by atoms with Gasteiger partial charge in [0.05, 0.1) is 12.2 Å². The number of alkyl halides is 1. The minimum atomic E-state index is -3.73. The summed E-state index contributed by atoms with van der Waals surface area (Å²) in [6, 6.07) is 5.20. The summed E-state index contributed by atoms with van der Waals surface area (Å²) < 4.78 is 42.8. The first-order chi connectivity index (χ1) is 17.3. The van der Waals surface area contributed by atoms with Crippen LogP contribution in [-0.2, 0) is 29.6 Å². The number of halogens is 1. The summed E-state index contributed by atoms with van der Waals surface area (Å²) in [6.07, 6.45) is 3.04. The van der Waals surface area contributed by atoms with Gasteiger partial charge in [0, 0.05) is 32.3 Å². The molecule has 0 bridgehead atoms. The molecule has 0 aromatic heterocycles. The number of fused-ring (bicyclic) bond motifs is 1. The van der Waals surface area contributed by atoms with Crippen molar-refractivity contribution in [1.29, 1.82) is 0 Å². The number of nitrogens with one attached hydrogen (secondary N) is 1. The van der Waals surface area contributed by atoms with Gasteiger partial charge in [-0.25, -0.2) is 8.96 Å². The second kappa shape index (κ2) is 15.6. The van der Waals surface area contributed by atoms with E-state index in [1.54, 1.807) is 64.0 Å². The number of hydrogen-bond acceptors (Lipinski definition) is 8. The molecule has 1 aliphatic rings. The van der Waals surface area contributed by atoms with Crippen molar-refractivity contribution in [3.05, 3.63) is 41.6 Å². The van der Waals surface area contributed by atoms with Crippen molar-refractivity contribution in [1.82, 2.24) is 10.2 Å². The van der Waals surface area contributed by atoms with Crippen LogP contribution in [-0.4, -0.2) is 73.3 Å². The summed E-state index contributed by atoms with van der Waals surface area (Å²) in [7, 11) is -0.871. The minimum absolute atomic E-state index is 0.0858. The number of ether oxygens (including phenoxy) is 2. The van der Waals surface area contributed by atoms with Crippen LogP contribution in [0.2, 0.25) is 0 Å². The van der Waals surface area contributed by atoms with E-state index in [4.69, 9.17) is 14.4 Å². The molecular formula is C24H37FN3O8P. The molecular weight excluding hydrogens is 508 g/mol. The molecule has 11 nitrogen and oxygen atoms in total. The zero-order chi connectivity index (χ0) is 28.2. The third kappa shape index (κ3) is 12.0. The number of carbonyl (C=O) groups excluding carboxylic acids is 2. The van der Waals surface area contributed by atoms with Crippen LogP contribution in [0.25, 0.3) is 0 Å². The van der Waals surface area contributed by atoms with Crippen molar-refractivity contribution < 1.29 is 42.0 Å². The lowest BCUT2D eigenvalue weighted by Gasteiger charge is -2.25. The van der Waals surface area contributed by atoms with Gasteiger partial charge in [-0.15, -0.1) is 0 Å². The molecule has 4 unspecified atom stereocenters. The fraction of sp³-hybridized carbons (Fsp3) is 0.542. The van der Waals surface area contributed by atoms with E-state index in [0.717, 1.165) is 24.8 Å². The summed E-state index contributed by atoms with van der Waals surface area (Å²) in [4.78, 5) is 37.3. The smallest absolute Gasteiger partial charge is 0.472 e. The first-order valence-corrected chi connectivity index (χ1v) is 13.1. The number of nitrogens with zero attached hydrogens (tertiary/aromatic N) is 2. The van der Waals surface area contributed by atoms with Crippen molar-refractivity contribution in [2.24, 2.45) is 4.99 Å². The number of phosphoric ester groups is 1. The van der Waals surface area contributed by atoms with Gasteiger partial charge in [-0.2, -0.15) is 4.99 Å². The largest absolute Gasteiger partial charge is 0.490 e. The lowest BCUT2D eigenvalue weighted by Crippen LogP contribution is -2.32. The maximum absolute atomic E-state index is 12.6. The Labute approximate surface area is 217 Å². The third-order valence-corrected chi connectivity index (χ3v) is 6.00. The molecule has 0 aliphatic carbocycles. The fourth-order valence-corrected chi connectivity index (χ4v) is 3.63. The Kier molecular flexibility index (Phi) is 13.6. The number of rotatable bonds is 11. The van der Waals surface area contributed by atoms with Crippen LogP contribution >= 0.6 is 7.82 Å². The predicted molar refractivity (Wildman–Crippen MR) is 137 cm³/mol. The van der Waals surface area contributed by atoms with Crippen molar-refractivity contribution in [2.75, 3.05) is 20.8 Å². The number of hydrogen-bond donors (Lipinski definition) is 2. The average Bonchev–Trinajstić information content (AvgIpc) is 3.21. The Bertz CT molecular complexity index is 1000. The highest BCUT2D eigenvalue weighted by Crippen LogP contribution is 2.43. The molecule has 4 atom stereocenters. The standard InChI is InChI=1S/C20H26FN3O4.C4H11O4P/c1-13-9-17-10-16(5-6-18(17)28-13)20(26)23-19(22-12-25)7-8-24(4)15(3)27-14(2)11-21;1-4(2)8-9(5,6)7-3/h5-8,10,12-15H,9,11H2,1-4H3,(H,22,23,25,26);4H,1-3H3,(H,5,6)/b8-7-;. The number of aliphatic imine (C=N–C) groups is 1. The Hall–Kier alpha value is -2.63. The van der Waals surface area contributed by atoms with Crippen molar-refractivity contribution in [3.8, 4) is 5.75 Å². The van der Waals surface area contributed by atoms with E-state index in [-0.39, 0.29) is 24.0 Å². The third-order valence-electron chi connectivity index (χ3n) is 4.85. The highest BCUT2D eigenvalue weighted by Gasteiger charge is 2.21. The minimum Gasteiger partial charge on any atom is -0.490 e. The number of amidine groups is 1. The molecule has 0 saturated heterocycles. The van der Waals surface area contributed by atoms with Crippen LogP contribution in [0.5, 0.6) is 5.75 Å². The summed E-state index contributed by atoms with van der Waals surface area (Å²) in [5, 5.41) is 2.61. The van der Waals surface area contributed by atoms with Gasteiger partial charge in [0.25, 0.3) is 5.91 Å². The van der Waals surface area contributed by atoms with E-state index < -0.39 is 26.8 Å². The molecule has 1 aromatic rings. The first kappa shape index (κ1) is 32.4. The Morgan fingerprint density at radius 2 is 2.05 bits per heavy atom. The molecule has 2 amide bonds. The van der Waals surface area contributed by atoms with Crippen LogP contribution in [0.4, 0.5) is 4.39 Å². The Morgan fingerprint density at radius 1 is 1.38 bits per heavy atom. The van der Waals surface area contributed by atoms with Crippen molar-refractivity contribution >= 4 is 26.0 Å². The molecule has 208 valence electrons. The van der Waals surface area contributed by atoms with Gasteiger partial charge in [0.2, 0.25) is 6.41 Å². The van der Waals surface area contributed by atoms with E-state index >= 15 is 0 Å². The zero-order valence-corrected chi connectivity index (χ0v) is 23.1. The summed E-state index contributed by atoms with van der Waals surface area (Å²) in [5.41, 5.74) is 1.42. The number of benzene rings is 1. The predicted octanol–water partition coefficient (Wildman–Crippen LogP) is 3.62. The van der Waals surface area contributed by atoms with Gasteiger partial charge in [-0.05, 0) is 64.5 Å². The number of phosphoric acid groups is 1. The van der Waals surface area contributed by atoms with E-state index in [9.17, 15) is 18.5 Å². The molecule has 0 fully saturated rings. The summed E-state index contributed by atoms with van der Waals surface area (Å²) >= 11 is 0. The van der Waals surface area contributed by atoms with Crippen LogP contribution in [0.1, 0.15) is 50.5 Å². The Morgan fingerprint density at radius 3 is 2.59 bits per heavy atom. The molecule has 1 aliphatic heterocycles. The van der Waals surface area contributed by atoms with Gasteiger partial charge in [-0.3, -0.25) is 18.6 Å². The number of amides is 2. The van der Waals surface area contributed by atoms with Gasteiger partial charge in [-0.1, -0.05) is 0 Å². The fourth-order valence-electron chi connectivity index (χ4n) is 3.01. The maximum atomic E-state index is 12.6. The average molecular weight is 546 g/mol. The molecule has 2 rings (SSSR count). The summed E-state index contributed by atoms with van der Waals surface area (Å²) in [6.45, 7) is 8.09. The van der Waals surface area contributed by atoms with Crippen LogP contribution in [0, 0.1) is 0 Å². The van der Waals surface area contributed by atoms with Gasteiger partial charge in [0.15, 0.2) is 0 Å². The molecule has 2 N–H and O–H groups in total. The molecule has 0 saturated carbocycles. The van der Waals surface area contributed by atoms with E-state index in [0.29, 0.717) is 12.0 Å². The second-order valence-electron chi connectivity index (χ2n) is 8.52. The van der Waals surface area contributed by atoms with Crippen LogP contribution < -0.4 is 10.1 Å². The molecule has 0 spiro atoms. The second-order valence-corrected chi connectivity index (χ2v) is 10.0. The topological polar surface area (TPSA) is 136 Å². The first-order valence-electron chi connectivity index (χ1n) is 11.6.